The van der Waals surface area contributed by atoms with Crippen LogP contribution in [0, 0.1) is 0 Å². The van der Waals surface area contributed by atoms with E-state index in [4.69, 9.17) is 15.2 Å². The molecule has 1 aliphatic heterocycles. The molecule has 1 atom stereocenters. The number of hydrogen-bond acceptors (Lipinski definition) is 8. The minimum absolute atomic E-state index is 0.294. The van der Waals surface area contributed by atoms with Gasteiger partial charge in [0.25, 0.3) is 0 Å². The molecule has 2 aliphatic rings. The molecule has 2 aromatic rings. The zero-order valence-electron chi connectivity index (χ0n) is 15.3. The first-order chi connectivity index (χ1) is 13.1. The molecule has 9 heteroatoms. The van der Waals surface area contributed by atoms with Gasteiger partial charge >= 0.3 is 0 Å². The van der Waals surface area contributed by atoms with E-state index in [0.29, 0.717) is 24.1 Å². The van der Waals surface area contributed by atoms with E-state index in [9.17, 15) is 0 Å². The Morgan fingerprint density at radius 1 is 1.37 bits per heavy atom. The van der Waals surface area contributed by atoms with Crippen molar-refractivity contribution in [3.8, 4) is 11.5 Å². The minimum Gasteiger partial charge on any atom is -0.493 e. The van der Waals surface area contributed by atoms with Gasteiger partial charge in [0, 0.05) is 18.8 Å². The van der Waals surface area contributed by atoms with Crippen molar-refractivity contribution in [2.24, 2.45) is 10.7 Å². The summed E-state index contributed by atoms with van der Waals surface area (Å²) < 4.78 is 13.3. The van der Waals surface area contributed by atoms with E-state index in [0.717, 1.165) is 29.9 Å². The molecule has 1 aromatic heterocycles. The lowest BCUT2D eigenvalue weighted by atomic mass is 10.1. The zero-order chi connectivity index (χ0) is 18.9. The van der Waals surface area contributed by atoms with Crippen molar-refractivity contribution in [2.75, 3.05) is 14.2 Å². The lowest BCUT2D eigenvalue weighted by molar-refractivity contribution is 0.278. The van der Waals surface area contributed by atoms with Gasteiger partial charge in [0.15, 0.2) is 11.5 Å². The molecule has 0 spiro atoms. The zero-order valence-corrected chi connectivity index (χ0v) is 15.3. The van der Waals surface area contributed by atoms with Gasteiger partial charge in [0.1, 0.15) is 18.1 Å². The van der Waals surface area contributed by atoms with Crippen molar-refractivity contribution >= 4 is 6.21 Å². The normalized spacial score (nSPS) is 21.4. The van der Waals surface area contributed by atoms with Crippen molar-refractivity contribution in [3.05, 3.63) is 47.6 Å². The summed E-state index contributed by atoms with van der Waals surface area (Å²) in [7, 11) is 3.41. The Kier molecular flexibility index (Phi) is 4.44. The summed E-state index contributed by atoms with van der Waals surface area (Å²) in [5, 5.41) is 14.5. The number of methoxy groups -OCH3 is 1. The summed E-state index contributed by atoms with van der Waals surface area (Å²) in [6.07, 6.45) is 7.73. The topological polar surface area (TPSA) is 112 Å². The van der Waals surface area contributed by atoms with Gasteiger partial charge in [-0.05, 0) is 37.1 Å². The van der Waals surface area contributed by atoms with Crippen LogP contribution >= 0.6 is 0 Å². The van der Waals surface area contributed by atoms with E-state index >= 15 is 0 Å². The van der Waals surface area contributed by atoms with Crippen molar-refractivity contribution in [2.45, 2.75) is 31.3 Å². The molecule has 0 amide bonds. The van der Waals surface area contributed by atoms with Gasteiger partial charge in [0.05, 0.1) is 19.3 Å². The average molecular weight is 369 g/mol. The van der Waals surface area contributed by atoms with Crippen LogP contribution in [0.15, 0.2) is 41.3 Å². The molecule has 1 fully saturated rings. The second kappa shape index (κ2) is 6.92. The first-order valence-electron chi connectivity index (χ1n) is 8.83. The third kappa shape index (κ3) is 3.59. The fraction of sp³-hybridized carbons (Fsp3) is 0.389. The summed E-state index contributed by atoms with van der Waals surface area (Å²) in [4.78, 5) is 4.38. The number of aliphatic imine (C=N–C) groups is 1. The highest BCUT2D eigenvalue weighted by atomic mass is 16.5. The van der Waals surface area contributed by atoms with E-state index in [-0.39, 0.29) is 0 Å². The first kappa shape index (κ1) is 17.3. The lowest BCUT2D eigenvalue weighted by Gasteiger charge is -2.31. The second-order valence-corrected chi connectivity index (χ2v) is 6.58. The van der Waals surface area contributed by atoms with Crippen molar-refractivity contribution < 1.29 is 9.47 Å². The Hall–Kier alpha value is -3.07. The number of ether oxygens (including phenoxy) is 2. The van der Waals surface area contributed by atoms with Crippen LogP contribution in [-0.4, -0.2) is 35.4 Å². The Morgan fingerprint density at radius 2 is 2.22 bits per heavy atom. The smallest absolute Gasteiger partial charge is 0.210 e. The fourth-order valence-corrected chi connectivity index (χ4v) is 2.88. The maximum absolute atomic E-state index is 6.45. The minimum atomic E-state index is -1.09. The molecule has 4 N–H and O–H groups in total. The summed E-state index contributed by atoms with van der Waals surface area (Å²) in [6, 6.07) is 5.99. The van der Waals surface area contributed by atoms with E-state index in [2.05, 4.69) is 25.9 Å². The van der Waals surface area contributed by atoms with Crippen molar-refractivity contribution in [1.82, 2.24) is 25.6 Å². The molecule has 2 heterocycles. The molecule has 1 saturated carbocycles. The Bertz CT molecular complexity index is 888. The summed E-state index contributed by atoms with van der Waals surface area (Å²) >= 11 is 0. The number of hydrogen-bond donors (Lipinski definition) is 3. The lowest BCUT2D eigenvalue weighted by Crippen LogP contribution is -2.51. The van der Waals surface area contributed by atoms with E-state index < -0.39 is 5.79 Å². The van der Waals surface area contributed by atoms with Crippen LogP contribution in [0.5, 0.6) is 11.5 Å². The molecule has 4 rings (SSSR count). The van der Waals surface area contributed by atoms with Gasteiger partial charge in [-0.15, -0.1) is 5.10 Å². The van der Waals surface area contributed by atoms with Gasteiger partial charge in [-0.1, -0.05) is 5.21 Å². The molecule has 27 heavy (non-hydrogen) atoms. The number of rotatable bonds is 7. The summed E-state index contributed by atoms with van der Waals surface area (Å²) in [5.74, 6) is 0.869. The van der Waals surface area contributed by atoms with E-state index in [1.165, 1.54) is 0 Å². The molecule has 1 aliphatic carbocycles. The van der Waals surface area contributed by atoms with Crippen molar-refractivity contribution in [1.29, 1.82) is 0 Å². The third-order valence-electron chi connectivity index (χ3n) is 4.57. The highest BCUT2D eigenvalue weighted by Gasteiger charge is 2.29. The van der Waals surface area contributed by atoms with E-state index in [1.54, 1.807) is 13.3 Å². The third-order valence-corrected chi connectivity index (χ3v) is 4.57. The molecule has 9 nitrogen and oxygen atoms in total. The van der Waals surface area contributed by atoms with Crippen LogP contribution in [0.2, 0.25) is 0 Å². The molecule has 0 radical (unpaired) electrons. The quantitative estimate of drug-likeness (QED) is 0.668. The van der Waals surface area contributed by atoms with Gasteiger partial charge in [0.2, 0.25) is 5.79 Å². The number of benzene rings is 1. The SMILES string of the molecule is CNC1=CC=NC(N)(c2ccc(OC)c(OCc3cn(C4CC4)nn3)c2)N1. The van der Waals surface area contributed by atoms with Gasteiger partial charge in [-0.3, -0.25) is 5.73 Å². The second-order valence-electron chi connectivity index (χ2n) is 6.58. The number of allylic oxidation sites excluding steroid dienone is 1. The highest BCUT2D eigenvalue weighted by molar-refractivity contribution is 5.73. The Balaban J connectivity index is 1.53. The predicted molar refractivity (Wildman–Crippen MR) is 100 cm³/mol. The van der Waals surface area contributed by atoms with E-state index in [1.807, 2.05) is 42.2 Å². The van der Waals surface area contributed by atoms with Crippen LogP contribution in [0.3, 0.4) is 0 Å². The maximum Gasteiger partial charge on any atom is 0.210 e. The van der Waals surface area contributed by atoms with Crippen molar-refractivity contribution in [3.63, 3.8) is 0 Å². The first-order valence-corrected chi connectivity index (χ1v) is 8.83. The number of aromatic nitrogens is 3. The average Bonchev–Trinajstić information content (AvgIpc) is 3.44. The highest BCUT2D eigenvalue weighted by Crippen LogP contribution is 2.34. The van der Waals surface area contributed by atoms with Crippen LogP contribution in [0.25, 0.3) is 0 Å². The largest absolute Gasteiger partial charge is 0.493 e. The monoisotopic (exact) mass is 369 g/mol. The summed E-state index contributed by atoms with van der Waals surface area (Å²) in [5.41, 5.74) is 7.96. The van der Waals surface area contributed by atoms with Gasteiger partial charge < -0.3 is 20.1 Å². The summed E-state index contributed by atoms with van der Waals surface area (Å²) in [6.45, 7) is 0.294. The maximum atomic E-state index is 6.45. The number of nitrogens with two attached hydrogens (primary N) is 1. The van der Waals surface area contributed by atoms with Gasteiger partial charge in [-0.2, -0.15) is 0 Å². The molecule has 1 aromatic carbocycles. The molecule has 0 saturated heterocycles. The molecule has 142 valence electrons. The Labute approximate surface area is 157 Å². The van der Waals surface area contributed by atoms with Crippen LogP contribution in [0.1, 0.15) is 30.1 Å². The fourth-order valence-electron chi connectivity index (χ4n) is 2.88. The number of nitrogens with zero attached hydrogens (tertiary/aromatic N) is 4. The molecule has 1 unspecified atom stereocenters. The van der Waals surface area contributed by atoms with Crippen LogP contribution in [-0.2, 0) is 12.4 Å². The molecular weight excluding hydrogens is 346 g/mol. The van der Waals surface area contributed by atoms with Crippen LogP contribution < -0.4 is 25.8 Å². The van der Waals surface area contributed by atoms with Crippen LogP contribution in [0.4, 0.5) is 0 Å². The molecular formula is C18H23N7O2. The molecule has 0 bridgehead atoms. The van der Waals surface area contributed by atoms with Gasteiger partial charge in [-0.25, -0.2) is 9.67 Å². The number of nitrogens with one attached hydrogen (secondary N) is 2. The predicted octanol–water partition coefficient (Wildman–Crippen LogP) is 1.00. The standard InChI is InChI=1S/C18H23N7O2/c1-20-17-7-8-21-18(19,22-17)12-3-6-15(26-2)16(9-12)27-11-13-10-25(24-23-13)14-4-5-14/h3,6-10,14,20,22H,4-5,11,19H2,1-2H3. The Morgan fingerprint density at radius 3 is 2.96 bits per heavy atom.